The minimum absolute atomic E-state index is 0.0625. The highest BCUT2D eigenvalue weighted by molar-refractivity contribution is 6.38. The van der Waals surface area contributed by atoms with Crippen LogP contribution < -0.4 is 0 Å². The van der Waals surface area contributed by atoms with Gasteiger partial charge in [0, 0.05) is 24.5 Å². The fourth-order valence-corrected chi connectivity index (χ4v) is 3.09. The molecule has 1 radical (unpaired) electrons. The van der Waals surface area contributed by atoms with E-state index in [0.29, 0.717) is 31.8 Å². The number of rotatable bonds is 4. The van der Waals surface area contributed by atoms with Gasteiger partial charge in [0.25, 0.3) is 0 Å². The van der Waals surface area contributed by atoms with Gasteiger partial charge in [-0.1, -0.05) is 30.1 Å². The highest BCUT2D eigenvalue weighted by atomic mass is 35.5. The van der Waals surface area contributed by atoms with Gasteiger partial charge in [-0.15, -0.1) is 0 Å². The van der Waals surface area contributed by atoms with Crippen molar-refractivity contribution < 1.29 is 14.3 Å². The fraction of sp³-hybridized carbons (Fsp3) is 0.500. The van der Waals surface area contributed by atoms with Gasteiger partial charge >= 0.3 is 0 Å². The molecule has 0 spiro atoms. The Kier molecular flexibility index (Phi) is 4.84. The van der Waals surface area contributed by atoms with Crippen molar-refractivity contribution in [1.82, 2.24) is 4.90 Å². The molecule has 4 nitrogen and oxygen atoms in total. The first-order valence-electron chi connectivity index (χ1n) is 7.64. The Hall–Kier alpha value is -1.33. The van der Waals surface area contributed by atoms with E-state index in [0.717, 1.165) is 17.8 Å². The zero-order chi connectivity index (χ0) is 15.5. The van der Waals surface area contributed by atoms with Crippen LogP contribution in [0.4, 0.5) is 0 Å². The normalized spacial score (nSPS) is 25.4. The zero-order valence-corrected chi connectivity index (χ0v) is 13.1. The molecule has 0 aromatic heterocycles. The molecule has 2 aliphatic rings. The van der Waals surface area contributed by atoms with Crippen molar-refractivity contribution in [3.05, 3.63) is 34.9 Å². The first-order valence-corrected chi connectivity index (χ1v) is 8.02. The van der Waals surface area contributed by atoms with Crippen molar-refractivity contribution in [2.45, 2.75) is 37.5 Å². The SMILES string of the molecule is O=C1CCC(=O)N1C[C@H]1C[B][C@@H](Cc2ccc(Cl)cc2)CO1. The van der Waals surface area contributed by atoms with E-state index in [1.165, 1.54) is 10.5 Å². The van der Waals surface area contributed by atoms with Crippen molar-refractivity contribution in [2.24, 2.45) is 0 Å². The van der Waals surface area contributed by atoms with Crippen LogP contribution in [-0.4, -0.2) is 43.2 Å². The van der Waals surface area contributed by atoms with Crippen molar-refractivity contribution in [2.75, 3.05) is 13.2 Å². The summed E-state index contributed by atoms with van der Waals surface area (Å²) in [6.45, 7) is 1.02. The second kappa shape index (κ2) is 6.84. The molecule has 115 valence electrons. The Morgan fingerprint density at radius 2 is 1.86 bits per heavy atom. The molecule has 0 unspecified atom stereocenters. The number of amides is 2. The number of benzene rings is 1. The summed E-state index contributed by atoms with van der Waals surface area (Å²) < 4.78 is 5.84. The van der Waals surface area contributed by atoms with E-state index in [1.807, 2.05) is 24.3 Å². The number of carbonyl (C=O) groups excluding carboxylic acids is 2. The maximum absolute atomic E-state index is 11.6. The summed E-state index contributed by atoms with van der Waals surface area (Å²) in [5.41, 5.74) is 1.23. The Balaban J connectivity index is 1.47. The Bertz CT molecular complexity index is 539. The quantitative estimate of drug-likeness (QED) is 0.632. The molecule has 0 saturated carbocycles. The van der Waals surface area contributed by atoms with E-state index in [-0.39, 0.29) is 17.9 Å². The number of hydrogen-bond acceptors (Lipinski definition) is 3. The van der Waals surface area contributed by atoms with Crippen LogP contribution in [0, 0.1) is 0 Å². The van der Waals surface area contributed by atoms with Crippen LogP contribution in [-0.2, 0) is 20.7 Å². The molecule has 0 aliphatic carbocycles. The molecule has 0 N–H and O–H groups in total. The number of hydrogen-bond donors (Lipinski definition) is 0. The van der Waals surface area contributed by atoms with E-state index in [1.54, 1.807) is 0 Å². The number of ether oxygens (including phenoxy) is 1. The third kappa shape index (κ3) is 3.71. The molecule has 2 heterocycles. The van der Waals surface area contributed by atoms with Crippen LogP contribution in [0.5, 0.6) is 0 Å². The van der Waals surface area contributed by atoms with Gasteiger partial charge in [-0.05, 0) is 29.9 Å². The topological polar surface area (TPSA) is 46.6 Å². The van der Waals surface area contributed by atoms with Gasteiger partial charge in [0.15, 0.2) is 0 Å². The number of imide groups is 1. The van der Waals surface area contributed by atoms with Crippen molar-refractivity contribution in [3.63, 3.8) is 0 Å². The van der Waals surface area contributed by atoms with Gasteiger partial charge in [0.2, 0.25) is 11.8 Å². The number of nitrogens with zero attached hydrogens (tertiary/aromatic N) is 1. The average Bonchev–Trinajstić information content (AvgIpc) is 2.83. The molecular weight excluding hydrogens is 300 g/mol. The minimum atomic E-state index is -0.0723. The molecule has 1 aromatic carbocycles. The zero-order valence-electron chi connectivity index (χ0n) is 12.3. The lowest BCUT2D eigenvalue weighted by molar-refractivity contribution is -0.140. The Morgan fingerprint density at radius 3 is 2.45 bits per heavy atom. The van der Waals surface area contributed by atoms with Gasteiger partial charge in [0.1, 0.15) is 7.28 Å². The van der Waals surface area contributed by atoms with E-state index in [4.69, 9.17) is 16.3 Å². The Morgan fingerprint density at radius 1 is 1.18 bits per heavy atom. The summed E-state index contributed by atoms with van der Waals surface area (Å²) in [6, 6.07) is 7.86. The highest BCUT2D eigenvalue weighted by Gasteiger charge is 2.32. The van der Waals surface area contributed by atoms with Crippen LogP contribution in [0.15, 0.2) is 24.3 Å². The predicted octanol–water partition coefficient (Wildman–Crippen LogP) is 2.34. The van der Waals surface area contributed by atoms with Gasteiger partial charge < -0.3 is 4.74 Å². The Labute approximate surface area is 136 Å². The van der Waals surface area contributed by atoms with E-state index >= 15 is 0 Å². The fourth-order valence-electron chi connectivity index (χ4n) is 2.96. The number of carbonyl (C=O) groups is 2. The standard InChI is InChI=1S/C16H18BClNO3/c18-13-3-1-11(2-4-13)7-12-10-22-14(8-17-12)9-19-15(20)5-6-16(19)21/h1-4,12,14H,5-10H2/t12-,14+/m0/s1. The molecule has 0 bridgehead atoms. The first kappa shape index (κ1) is 15.6. The molecule has 2 fully saturated rings. The van der Waals surface area contributed by atoms with Gasteiger partial charge in [-0.25, -0.2) is 0 Å². The van der Waals surface area contributed by atoms with Gasteiger partial charge in [-0.2, -0.15) is 0 Å². The summed E-state index contributed by atoms with van der Waals surface area (Å²) in [7, 11) is 2.24. The van der Waals surface area contributed by atoms with Crippen LogP contribution in [0.3, 0.4) is 0 Å². The van der Waals surface area contributed by atoms with Crippen molar-refractivity contribution >= 4 is 30.7 Å². The molecule has 6 heteroatoms. The number of likely N-dealkylation sites (tertiary alicyclic amines) is 1. The maximum Gasteiger partial charge on any atom is 0.229 e. The van der Waals surface area contributed by atoms with Gasteiger partial charge in [0.05, 0.1) is 12.6 Å². The third-order valence-corrected chi connectivity index (χ3v) is 4.48. The minimum Gasteiger partial charge on any atom is -0.378 e. The molecule has 2 atom stereocenters. The van der Waals surface area contributed by atoms with E-state index in [9.17, 15) is 9.59 Å². The van der Waals surface area contributed by atoms with Gasteiger partial charge in [-0.3, -0.25) is 14.5 Å². The lowest BCUT2D eigenvalue weighted by Gasteiger charge is -2.30. The molecule has 2 aliphatic heterocycles. The summed E-state index contributed by atoms with van der Waals surface area (Å²) >= 11 is 5.89. The van der Waals surface area contributed by atoms with Crippen LogP contribution >= 0.6 is 11.6 Å². The van der Waals surface area contributed by atoms with Crippen molar-refractivity contribution in [1.29, 1.82) is 0 Å². The smallest absolute Gasteiger partial charge is 0.229 e. The first-order chi connectivity index (χ1) is 10.6. The molecule has 3 rings (SSSR count). The summed E-state index contributed by atoms with van der Waals surface area (Å²) in [6.07, 6.45) is 2.32. The second-order valence-electron chi connectivity index (χ2n) is 5.92. The molecule has 1 aromatic rings. The molecular formula is C16H18BClNO3. The molecule has 22 heavy (non-hydrogen) atoms. The summed E-state index contributed by atoms with van der Waals surface area (Å²) in [4.78, 5) is 24.6. The predicted molar refractivity (Wildman–Crippen MR) is 85.2 cm³/mol. The lowest BCUT2D eigenvalue weighted by Crippen LogP contribution is -2.41. The van der Waals surface area contributed by atoms with Crippen LogP contribution in [0.2, 0.25) is 17.2 Å². The molecule has 2 amide bonds. The summed E-state index contributed by atoms with van der Waals surface area (Å²) in [5, 5.41) is 0.743. The van der Waals surface area contributed by atoms with Crippen LogP contribution in [0.1, 0.15) is 18.4 Å². The number of halogens is 1. The van der Waals surface area contributed by atoms with E-state index in [2.05, 4.69) is 7.28 Å². The molecule has 2 saturated heterocycles. The van der Waals surface area contributed by atoms with E-state index < -0.39 is 0 Å². The largest absolute Gasteiger partial charge is 0.378 e. The monoisotopic (exact) mass is 318 g/mol. The highest BCUT2D eigenvalue weighted by Crippen LogP contribution is 2.24. The average molecular weight is 319 g/mol. The maximum atomic E-state index is 11.6. The lowest BCUT2D eigenvalue weighted by atomic mass is 9.57. The van der Waals surface area contributed by atoms with Crippen LogP contribution in [0.25, 0.3) is 0 Å². The van der Waals surface area contributed by atoms with Crippen molar-refractivity contribution in [3.8, 4) is 0 Å². The third-order valence-electron chi connectivity index (χ3n) is 4.23. The second-order valence-corrected chi connectivity index (χ2v) is 6.35. The summed E-state index contributed by atoms with van der Waals surface area (Å²) in [5.74, 6) is 0.219.